The van der Waals surface area contributed by atoms with E-state index in [1.54, 1.807) is 5.56 Å². The fourth-order valence-electron chi connectivity index (χ4n) is 3.47. The molecule has 0 bridgehead atoms. The first-order chi connectivity index (χ1) is 9.56. The van der Waals surface area contributed by atoms with Crippen LogP contribution in [0.1, 0.15) is 35.6 Å². The van der Waals surface area contributed by atoms with Crippen LogP contribution in [0.3, 0.4) is 0 Å². The van der Waals surface area contributed by atoms with Gasteiger partial charge in [0.05, 0.1) is 0 Å². The highest BCUT2D eigenvalue weighted by Gasteiger charge is 2.14. The van der Waals surface area contributed by atoms with Crippen molar-refractivity contribution in [2.75, 3.05) is 32.7 Å². The molecule has 1 aliphatic heterocycles. The second-order valence-electron chi connectivity index (χ2n) is 6.59. The van der Waals surface area contributed by atoms with Gasteiger partial charge in [0.2, 0.25) is 0 Å². The summed E-state index contributed by atoms with van der Waals surface area (Å²) in [6.45, 7) is 15.1. The molecule has 2 rings (SSSR count). The van der Waals surface area contributed by atoms with Gasteiger partial charge in [-0.25, -0.2) is 0 Å². The summed E-state index contributed by atoms with van der Waals surface area (Å²) in [4.78, 5) is 2.63. The lowest BCUT2D eigenvalue weighted by Crippen LogP contribution is -2.32. The predicted molar refractivity (Wildman–Crippen MR) is 87.4 cm³/mol. The molecule has 0 saturated carbocycles. The van der Waals surface area contributed by atoms with Crippen LogP contribution in [0.5, 0.6) is 0 Å². The van der Waals surface area contributed by atoms with Crippen molar-refractivity contribution in [2.24, 2.45) is 5.92 Å². The van der Waals surface area contributed by atoms with E-state index in [1.165, 1.54) is 55.7 Å². The number of nitrogens with one attached hydrogen (secondary N) is 1. The molecule has 0 amide bonds. The monoisotopic (exact) mass is 274 g/mol. The molecular formula is C18H30N2. The SMILES string of the molecule is Cc1cc(C)c(CC(C)CN2CCCNCC2)c(C)c1. The highest BCUT2D eigenvalue weighted by Crippen LogP contribution is 2.20. The topological polar surface area (TPSA) is 15.3 Å². The van der Waals surface area contributed by atoms with E-state index < -0.39 is 0 Å². The van der Waals surface area contributed by atoms with Crippen LogP contribution in [0.2, 0.25) is 0 Å². The normalized spacial score (nSPS) is 18.8. The Kier molecular flexibility index (Phi) is 5.62. The molecule has 1 saturated heterocycles. The van der Waals surface area contributed by atoms with E-state index in [4.69, 9.17) is 0 Å². The minimum absolute atomic E-state index is 0.730. The molecule has 0 aromatic heterocycles. The lowest BCUT2D eigenvalue weighted by atomic mass is 9.92. The molecule has 0 spiro atoms. The second-order valence-corrected chi connectivity index (χ2v) is 6.59. The van der Waals surface area contributed by atoms with Crippen LogP contribution in [0.25, 0.3) is 0 Å². The molecule has 1 aliphatic rings. The van der Waals surface area contributed by atoms with Crippen LogP contribution < -0.4 is 5.32 Å². The summed E-state index contributed by atoms with van der Waals surface area (Å²) in [6, 6.07) is 4.65. The molecule has 1 atom stereocenters. The Morgan fingerprint density at radius 2 is 1.80 bits per heavy atom. The van der Waals surface area contributed by atoms with Crippen molar-refractivity contribution in [2.45, 2.75) is 40.5 Å². The molecule has 2 nitrogen and oxygen atoms in total. The number of aryl methyl sites for hydroxylation is 3. The summed E-state index contributed by atoms with van der Waals surface area (Å²) in [5, 5.41) is 3.48. The van der Waals surface area contributed by atoms with Gasteiger partial charge in [0, 0.05) is 19.6 Å². The van der Waals surface area contributed by atoms with E-state index in [-0.39, 0.29) is 0 Å². The average molecular weight is 274 g/mol. The zero-order chi connectivity index (χ0) is 14.5. The average Bonchev–Trinajstić information content (AvgIpc) is 2.62. The number of hydrogen-bond acceptors (Lipinski definition) is 2. The number of nitrogens with zero attached hydrogens (tertiary/aromatic N) is 1. The molecule has 1 fully saturated rings. The van der Waals surface area contributed by atoms with Crippen molar-refractivity contribution in [1.29, 1.82) is 0 Å². The second kappa shape index (κ2) is 7.24. The van der Waals surface area contributed by atoms with Crippen molar-refractivity contribution < 1.29 is 0 Å². The Balaban J connectivity index is 1.95. The van der Waals surface area contributed by atoms with Crippen molar-refractivity contribution in [3.8, 4) is 0 Å². The summed E-state index contributed by atoms with van der Waals surface area (Å²) >= 11 is 0. The molecule has 112 valence electrons. The number of benzene rings is 1. The minimum atomic E-state index is 0.730. The number of rotatable bonds is 4. The van der Waals surface area contributed by atoms with Crippen LogP contribution >= 0.6 is 0 Å². The molecule has 0 radical (unpaired) electrons. The molecule has 20 heavy (non-hydrogen) atoms. The fraction of sp³-hybridized carbons (Fsp3) is 0.667. The van der Waals surface area contributed by atoms with Gasteiger partial charge >= 0.3 is 0 Å². The highest BCUT2D eigenvalue weighted by atomic mass is 15.1. The van der Waals surface area contributed by atoms with Crippen LogP contribution in [-0.4, -0.2) is 37.6 Å². The molecular weight excluding hydrogens is 244 g/mol. The smallest absolute Gasteiger partial charge is 0.0107 e. The van der Waals surface area contributed by atoms with Crippen LogP contribution in [0, 0.1) is 26.7 Å². The molecule has 1 heterocycles. The van der Waals surface area contributed by atoms with Crippen molar-refractivity contribution in [3.05, 3.63) is 34.4 Å². The van der Waals surface area contributed by atoms with Gasteiger partial charge in [0.1, 0.15) is 0 Å². The van der Waals surface area contributed by atoms with Gasteiger partial charge in [-0.15, -0.1) is 0 Å². The Labute approximate surface area is 124 Å². The quantitative estimate of drug-likeness (QED) is 0.907. The van der Waals surface area contributed by atoms with E-state index >= 15 is 0 Å². The minimum Gasteiger partial charge on any atom is -0.315 e. The van der Waals surface area contributed by atoms with Gasteiger partial charge in [-0.3, -0.25) is 0 Å². The molecule has 0 aliphatic carbocycles. The third kappa shape index (κ3) is 4.32. The van der Waals surface area contributed by atoms with Crippen molar-refractivity contribution in [3.63, 3.8) is 0 Å². The first kappa shape index (κ1) is 15.5. The highest BCUT2D eigenvalue weighted by molar-refractivity contribution is 5.37. The van der Waals surface area contributed by atoms with E-state index in [2.05, 4.69) is 50.0 Å². The first-order valence-corrected chi connectivity index (χ1v) is 8.06. The molecule has 1 aromatic rings. The van der Waals surface area contributed by atoms with Gasteiger partial charge in [-0.05, 0) is 69.3 Å². The maximum absolute atomic E-state index is 3.48. The first-order valence-electron chi connectivity index (χ1n) is 8.06. The van der Waals surface area contributed by atoms with Crippen molar-refractivity contribution in [1.82, 2.24) is 10.2 Å². The molecule has 1 N–H and O–H groups in total. The summed E-state index contributed by atoms with van der Waals surface area (Å²) in [5.74, 6) is 0.730. The molecule has 2 heteroatoms. The van der Waals surface area contributed by atoms with Gasteiger partial charge in [0.25, 0.3) is 0 Å². The van der Waals surface area contributed by atoms with E-state index in [0.717, 1.165) is 12.5 Å². The maximum atomic E-state index is 3.48. The van der Waals surface area contributed by atoms with Crippen molar-refractivity contribution >= 4 is 0 Å². The third-order valence-corrected chi connectivity index (χ3v) is 4.40. The zero-order valence-corrected chi connectivity index (χ0v) is 13.6. The number of hydrogen-bond donors (Lipinski definition) is 1. The third-order valence-electron chi connectivity index (χ3n) is 4.40. The summed E-state index contributed by atoms with van der Waals surface area (Å²) < 4.78 is 0. The Hall–Kier alpha value is -0.860. The lowest BCUT2D eigenvalue weighted by molar-refractivity contribution is 0.251. The van der Waals surface area contributed by atoms with Gasteiger partial charge in [-0.1, -0.05) is 24.6 Å². The van der Waals surface area contributed by atoms with Gasteiger partial charge in [0.15, 0.2) is 0 Å². The summed E-state index contributed by atoms with van der Waals surface area (Å²) in [6.07, 6.45) is 2.50. The van der Waals surface area contributed by atoms with Crippen LogP contribution in [0.15, 0.2) is 12.1 Å². The fourth-order valence-corrected chi connectivity index (χ4v) is 3.47. The largest absolute Gasteiger partial charge is 0.315 e. The van der Waals surface area contributed by atoms with Gasteiger partial charge < -0.3 is 10.2 Å². The summed E-state index contributed by atoms with van der Waals surface area (Å²) in [5.41, 5.74) is 5.88. The van der Waals surface area contributed by atoms with E-state index in [1.807, 2.05) is 0 Å². The Morgan fingerprint density at radius 1 is 1.10 bits per heavy atom. The lowest BCUT2D eigenvalue weighted by Gasteiger charge is -2.24. The predicted octanol–water partition coefficient (Wildman–Crippen LogP) is 3.09. The molecule has 1 unspecified atom stereocenters. The van der Waals surface area contributed by atoms with Crippen LogP contribution in [-0.2, 0) is 6.42 Å². The van der Waals surface area contributed by atoms with Crippen LogP contribution in [0.4, 0.5) is 0 Å². The molecule has 1 aromatic carbocycles. The van der Waals surface area contributed by atoms with E-state index in [9.17, 15) is 0 Å². The Bertz CT molecular complexity index is 408. The van der Waals surface area contributed by atoms with E-state index in [0.29, 0.717) is 0 Å². The maximum Gasteiger partial charge on any atom is 0.0107 e. The summed E-state index contributed by atoms with van der Waals surface area (Å²) in [7, 11) is 0. The Morgan fingerprint density at radius 3 is 2.50 bits per heavy atom. The van der Waals surface area contributed by atoms with Gasteiger partial charge in [-0.2, -0.15) is 0 Å². The zero-order valence-electron chi connectivity index (χ0n) is 13.6. The standard InChI is InChI=1S/C18H30N2/c1-14-10-16(3)18(17(4)11-14)12-15(2)13-20-8-5-6-19-7-9-20/h10-11,15,19H,5-9,12-13H2,1-4H3.